The van der Waals surface area contributed by atoms with E-state index in [0.717, 1.165) is 30.9 Å². The van der Waals surface area contributed by atoms with Gasteiger partial charge in [0.15, 0.2) is 16.6 Å². The molecule has 1 aliphatic rings. The fourth-order valence-electron chi connectivity index (χ4n) is 4.65. The van der Waals surface area contributed by atoms with Crippen molar-refractivity contribution in [3.8, 4) is 0 Å². The average Bonchev–Trinajstić information content (AvgIpc) is 3.15. The molecule has 2 unspecified atom stereocenters. The normalized spacial score (nSPS) is 18.6. The summed E-state index contributed by atoms with van der Waals surface area (Å²) in [5.41, 5.74) is 5.12. The molecule has 2 aromatic rings. The zero-order valence-corrected chi connectivity index (χ0v) is 26.7. The number of imidazole rings is 1. The molecule has 0 saturated heterocycles. The second kappa shape index (κ2) is 9.94. The van der Waals surface area contributed by atoms with Crippen molar-refractivity contribution in [3.63, 3.8) is 0 Å². The summed E-state index contributed by atoms with van der Waals surface area (Å²) in [5, 5.41) is 0.435. The van der Waals surface area contributed by atoms with Crippen molar-refractivity contribution in [1.82, 2.24) is 14.5 Å². The Balaban J connectivity index is 2.09. The number of hydrogen-bond acceptors (Lipinski definition) is 4. The highest BCUT2D eigenvalue weighted by Gasteiger charge is 2.39. The van der Waals surface area contributed by atoms with E-state index in [1.807, 2.05) is 6.33 Å². The van der Waals surface area contributed by atoms with Crippen molar-refractivity contribution in [2.75, 3.05) is 11.6 Å². The summed E-state index contributed by atoms with van der Waals surface area (Å²) in [6.45, 7) is 29.8. The summed E-state index contributed by atoms with van der Waals surface area (Å²) in [6.07, 6.45) is 6.77. The topological polar surface area (TPSA) is 52.0 Å². The van der Waals surface area contributed by atoms with Gasteiger partial charge in [-0.3, -0.25) is 0 Å². The molecule has 0 amide bonds. The van der Waals surface area contributed by atoms with Crippen LogP contribution < -0.4 is 4.98 Å². The molecule has 1 N–H and O–H groups in total. The lowest BCUT2D eigenvalue weighted by molar-refractivity contribution is 0.273. The van der Waals surface area contributed by atoms with Crippen LogP contribution in [0, 0.1) is 5.92 Å². The van der Waals surface area contributed by atoms with Gasteiger partial charge in [-0.05, 0) is 54.3 Å². The first-order chi connectivity index (χ1) is 16.0. The molecule has 0 radical (unpaired) electrons. The molecule has 0 saturated carbocycles. The number of nitrogens with one attached hydrogen (secondary N) is 1. The smallest absolute Gasteiger partial charge is 0.192 e. The largest absolute Gasteiger partial charge is 0.415 e. The maximum absolute atomic E-state index is 6.58. The van der Waals surface area contributed by atoms with Gasteiger partial charge in [-0.1, -0.05) is 74.9 Å². The Kier molecular flexibility index (Phi) is 8.06. The van der Waals surface area contributed by atoms with E-state index in [9.17, 15) is 0 Å². The summed E-state index contributed by atoms with van der Waals surface area (Å²) < 4.78 is 8.95. The maximum Gasteiger partial charge on any atom is 0.192 e. The highest BCUT2D eigenvalue weighted by atomic mass is 28.4. The van der Waals surface area contributed by atoms with Crippen LogP contribution in [-0.2, 0) is 17.4 Å². The summed E-state index contributed by atoms with van der Waals surface area (Å²) in [5.74, 6) is 2.20. The highest BCUT2D eigenvalue weighted by molar-refractivity contribution is 6.83. The van der Waals surface area contributed by atoms with Crippen LogP contribution in [0.25, 0.3) is 11.0 Å². The number of aryl methyl sites for hydroxylation is 1. The predicted molar refractivity (Wildman–Crippen MR) is 157 cm³/mol. The number of nitrogens with zero attached hydrogens (tertiary/aromatic N) is 3. The van der Waals surface area contributed by atoms with Crippen molar-refractivity contribution in [3.05, 3.63) is 17.6 Å². The molecule has 7 heteroatoms. The second-order valence-electron chi connectivity index (χ2n) is 13.9. The molecular formula is C28H52N4OSi2. The van der Waals surface area contributed by atoms with E-state index in [1.165, 1.54) is 36.0 Å². The van der Waals surface area contributed by atoms with Crippen molar-refractivity contribution < 1.29 is 4.43 Å². The van der Waals surface area contributed by atoms with Gasteiger partial charge in [0.1, 0.15) is 11.3 Å². The molecule has 5 nitrogen and oxygen atoms in total. The molecule has 2 atom stereocenters. The molecule has 35 heavy (non-hydrogen) atoms. The fraction of sp³-hybridized carbons (Fsp3) is 0.786. The molecule has 3 rings (SSSR count). The monoisotopic (exact) mass is 516 g/mol. The Morgan fingerprint density at radius 1 is 1.11 bits per heavy atom. The molecule has 0 fully saturated rings. The molecule has 198 valence electrons. The van der Waals surface area contributed by atoms with Crippen LogP contribution in [0.1, 0.15) is 91.8 Å². The van der Waals surface area contributed by atoms with Gasteiger partial charge in [-0.25, -0.2) is 9.97 Å². The first-order valence-corrected chi connectivity index (χ1v) is 19.7. The molecule has 0 bridgehead atoms. The number of rotatable bonds is 8. The number of hydrogen-bond donors (Lipinski definition) is 1. The SMILES string of the molecule is CCC(C)C1CCCc2nc(N[Si](C)(C)C(C)(C)C)c3ncn(CCO[Si](C)(C)C(C)(C)C)c3c21. The molecule has 1 aliphatic carbocycles. The quantitative estimate of drug-likeness (QED) is 0.358. The Bertz CT molecular complexity index is 1030. The highest BCUT2D eigenvalue weighted by Crippen LogP contribution is 2.44. The minimum atomic E-state index is -1.80. The Labute approximate surface area is 217 Å². The van der Waals surface area contributed by atoms with Crippen molar-refractivity contribution in [2.45, 2.75) is 130 Å². The number of aromatic nitrogens is 3. The maximum atomic E-state index is 6.58. The Hall–Kier alpha value is -1.19. The van der Waals surface area contributed by atoms with E-state index >= 15 is 0 Å². The van der Waals surface area contributed by atoms with E-state index in [1.54, 1.807) is 0 Å². The lowest BCUT2D eigenvalue weighted by Gasteiger charge is -2.38. The van der Waals surface area contributed by atoms with Gasteiger partial charge in [0.2, 0.25) is 0 Å². The first-order valence-electron chi connectivity index (χ1n) is 13.8. The van der Waals surface area contributed by atoms with Crippen LogP contribution in [0.2, 0.25) is 36.3 Å². The van der Waals surface area contributed by atoms with E-state index in [-0.39, 0.29) is 10.1 Å². The minimum Gasteiger partial charge on any atom is -0.415 e. The zero-order valence-electron chi connectivity index (χ0n) is 24.7. The molecule has 2 heterocycles. The van der Waals surface area contributed by atoms with Gasteiger partial charge >= 0.3 is 0 Å². The van der Waals surface area contributed by atoms with Gasteiger partial charge in [0.25, 0.3) is 0 Å². The third-order valence-corrected chi connectivity index (χ3v) is 18.6. The lowest BCUT2D eigenvalue weighted by Crippen LogP contribution is -2.46. The third-order valence-electron chi connectivity index (χ3n) is 9.41. The van der Waals surface area contributed by atoms with Gasteiger partial charge in [0.05, 0.1) is 18.5 Å². The lowest BCUT2D eigenvalue weighted by atomic mass is 9.76. The van der Waals surface area contributed by atoms with Crippen molar-refractivity contribution >= 4 is 33.4 Å². The first kappa shape index (κ1) is 28.4. The number of anilines is 1. The number of pyridine rings is 1. The van der Waals surface area contributed by atoms with E-state index in [2.05, 4.69) is 91.1 Å². The molecular weight excluding hydrogens is 465 g/mol. The summed E-state index contributed by atoms with van der Waals surface area (Å²) in [7, 11) is -3.58. The second-order valence-corrected chi connectivity index (χ2v) is 23.8. The van der Waals surface area contributed by atoms with Crippen LogP contribution in [-0.4, -0.2) is 37.7 Å². The van der Waals surface area contributed by atoms with Gasteiger partial charge < -0.3 is 14.0 Å². The molecule has 0 spiro atoms. The number of fused-ring (bicyclic) bond motifs is 3. The van der Waals surface area contributed by atoms with E-state index in [4.69, 9.17) is 14.4 Å². The van der Waals surface area contributed by atoms with Gasteiger partial charge in [-0.15, -0.1) is 0 Å². The summed E-state index contributed by atoms with van der Waals surface area (Å²) >= 11 is 0. The standard InChI is InChI=1S/C28H52N4OSi2/c1-13-20(2)21-15-14-16-22-23(21)25-24(26(30-22)31-34(9,10)27(3,4)5)29-19-32(25)17-18-33-35(11,12)28(6,7)8/h19-21H,13-18H2,1-12H3,(H,30,31). The third kappa shape index (κ3) is 5.72. The van der Waals surface area contributed by atoms with Crippen molar-refractivity contribution in [1.29, 1.82) is 0 Å². The zero-order chi connectivity index (χ0) is 26.4. The van der Waals surface area contributed by atoms with Crippen LogP contribution in [0.5, 0.6) is 0 Å². The summed E-state index contributed by atoms with van der Waals surface area (Å²) in [6, 6.07) is 0. The van der Waals surface area contributed by atoms with Gasteiger partial charge in [-0.2, -0.15) is 0 Å². The van der Waals surface area contributed by atoms with E-state index < -0.39 is 16.6 Å². The van der Waals surface area contributed by atoms with Crippen LogP contribution in [0.15, 0.2) is 6.33 Å². The predicted octanol–water partition coefficient (Wildman–Crippen LogP) is 8.34. The Morgan fingerprint density at radius 3 is 2.34 bits per heavy atom. The molecule has 0 aliphatic heterocycles. The van der Waals surface area contributed by atoms with Gasteiger partial charge in [0, 0.05) is 17.8 Å². The average molecular weight is 517 g/mol. The fourth-order valence-corrected chi connectivity index (χ4v) is 6.82. The Morgan fingerprint density at radius 2 is 1.77 bits per heavy atom. The van der Waals surface area contributed by atoms with E-state index in [0.29, 0.717) is 11.8 Å². The summed E-state index contributed by atoms with van der Waals surface area (Å²) in [4.78, 5) is 14.2. The van der Waals surface area contributed by atoms with Crippen molar-refractivity contribution in [2.24, 2.45) is 5.92 Å². The molecule has 2 aromatic heterocycles. The minimum absolute atomic E-state index is 0.217. The van der Waals surface area contributed by atoms with Crippen LogP contribution in [0.3, 0.4) is 0 Å². The van der Waals surface area contributed by atoms with Crippen LogP contribution >= 0.6 is 0 Å². The molecule has 0 aromatic carbocycles. The van der Waals surface area contributed by atoms with Crippen LogP contribution in [0.4, 0.5) is 5.82 Å².